The standard InChI is InChI=1S/C6H10F2O3S/c1-2-5-12(9,10)11-4-3-6(7)8/h2,6H,1,3-5H2. The largest absolute Gasteiger partial charge is 0.270 e. The number of hydrogen-bond acceptors (Lipinski definition) is 3. The molecule has 12 heavy (non-hydrogen) atoms. The van der Waals surface area contributed by atoms with Gasteiger partial charge in [-0.1, -0.05) is 6.08 Å². The lowest BCUT2D eigenvalue weighted by atomic mass is 10.5. The van der Waals surface area contributed by atoms with E-state index in [4.69, 9.17) is 0 Å². The number of halogens is 2. The molecule has 0 spiro atoms. The van der Waals surface area contributed by atoms with E-state index in [9.17, 15) is 17.2 Å². The van der Waals surface area contributed by atoms with Crippen molar-refractivity contribution in [2.75, 3.05) is 12.4 Å². The van der Waals surface area contributed by atoms with E-state index in [-0.39, 0.29) is 5.75 Å². The lowest BCUT2D eigenvalue weighted by Crippen LogP contribution is -2.11. The summed E-state index contributed by atoms with van der Waals surface area (Å²) in [6.07, 6.45) is -1.97. The van der Waals surface area contributed by atoms with Gasteiger partial charge in [0.2, 0.25) is 6.43 Å². The predicted molar refractivity (Wildman–Crippen MR) is 40.6 cm³/mol. The fourth-order valence-corrected chi connectivity index (χ4v) is 1.19. The Labute approximate surface area is 70.2 Å². The van der Waals surface area contributed by atoms with Gasteiger partial charge in [0.1, 0.15) is 0 Å². The highest BCUT2D eigenvalue weighted by molar-refractivity contribution is 7.86. The molecule has 0 aliphatic heterocycles. The summed E-state index contributed by atoms with van der Waals surface area (Å²) in [6.45, 7) is 2.70. The highest BCUT2D eigenvalue weighted by Gasteiger charge is 2.10. The van der Waals surface area contributed by atoms with Crippen molar-refractivity contribution in [2.45, 2.75) is 12.8 Å². The van der Waals surface area contributed by atoms with Crippen molar-refractivity contribution in [3.8, 4) is 0 Å². The van der Waals surface area contributed by atoms with Crippen LogP contribution in [-0.2, 0) is 14.3 Å². The van der Waals surface area contributed by atoms with E-state index in [1.54, 1.807) is 0 Å². The van der Waals surface area contributed by atoms with Gasteiger partial charge in [-0.05, 0) is 0 Å². The first-order valence-corrected chi connectivity index (χ1v) is 4.82. The molecule has 0 atom stereocenters. The minimum absolute atomic E-state index is 0.351. The molecule has 0 saturated carbocycles. The van der Waals surface area contributed by atoms with Crippen LogP contribution in [0.2, 0.25) is 0 Å². The van der Waals surface area contributed by atoms with Gasteiger partial charge < -0.3 is 0 Å². The van der Waals surface area contributed by atoms with Gasteiger partial charge in [-0.3, -0.25) is 4.18 Å². The molecule has 0 aliphatic carbocycles. The summed E-state index contributed by atoms with van der Waals surface area (Å²) < 4.78 is 48.6. The van der Waals surface area contributed by atoms with Crippen LogP contribution in [0.4, 0.5) is 8.78 Å². The average Bonchev–Trinajstić information content (AvgIpc) is 1.85. The highest BCUT2D eigenvalue weighted by atomic mass is 32.2. The van der Waals surface area contributed by atoms with Crippen molar-refractivity contribution in [3.63, 3.8) is 0 Å². The first kappa shape index (κ1) is 11.5. The van der Waals surface area contributed by atoms with E-state index in [0.717, 1.165) is 6.08 Å². The molecule has 0 radical (unpaired) electrons. The third-order valence-electron chi connectivity index (χ3n) is 0.921. The van der Waals surface area contributed by atoms with Gasteiger partial charge in [-0.25, -0.2) is 8.78 Å². The monoisotopic (exact) mass is 200 g/mol. The second kappa shape index (κ2) is 5.21. The summed E-state index contributed by atoms with van der Waals surface area (Å²) in [4.78, 5) is 0. The van der Waals surface area contributed by atoms with Gasteiger partial charge >= 0.3 is 0 Å². The van der Waals surface area contributed by atoms with Gasteiger partial charge in [-0.2, -0.15) is 8.42 Å². The fraction of sp³-hybridized carbons (Fsp3) is 0.667. The molecule has 6 heteroatoms. The Morgan fingerprint density at radius 1 is 1.50 bits per heavy atom. The van der Waals surface area contributed by atoms with Crippen molar-refractivity contribution in [1.29, 1.82) is 0 Å². The molecule has 0 aromatic heterocycles. The van der Waals surface area contributed by atoms with Crippen LogP contribution >= 0.6 is 0 Å². The molecule has 0 N–H and O–H groups in total. The van der Waals surface area contributed by atoms with E-state index >= 15 is 0 Å². The van der Waals surface area contributed by atoms with Gasteiger partial charge in [0.05, 0.1) is 12.4 Å². The maximum Gasteiger partial charge on any atom is 0.270 e. The fourth-order valence-electron chi connectivity index (χ4n) is 0.457. The van der Waals surface area contributed by atoms with Crippen molar-refractivity contribution < 1.29 is 21.4 Å². The third kappa shape index (κ3) is 6.23. The Kier molecular flexibility index (Phi) is 5.00. The molecule has 0 heterocycles. The molecule has 0 aliphatic rings. The Morgan fingerprint density at radius 2 is 2.08 bits per heavy atom. The first-order chi connectivity index (χ1) is 5.48. The molecular weight excluding hydrogens is 190 g/mol. The van der Waals surface area contributed by atoms with Crippen LogP contribution in [-0.4, -0.2) is 27.2 Å². The van der Waals surface area contributed by atoms with Crippen LogP contribution in [0.1, 0.15) is 6.42 Å². The van der Waals surface area contributed by atoms with Gasteiger partial charge in [0.15, 0.2) is 0 Å². The molecule has 0 bridgehead atoms. The summed E-state index contributed by atoms with van der Waals surface area (Å²) in [7, 11) is -3.68. The molecule has 0 unspecified atom stereocenters. The minimum atomic E-state index is -3.68. The maximum atomic E-state index is 11.5. The molecule has 0 saturated heterocycles. The van der Waals surface area contributed by atoms with Gasteiger partial charge in [-0.15, -0.1) is 6.58 Å². The van der Waals surface area contributed by atoms with Crippen LogP contribution < -0.4 is 0 Å². The molecule has 72 valence electrons. The summed E-state index contributed by atoms with van der Waals surface area (Å²) in [5.74, 6) is -0.351. The lowest BCUT2D eigenvalue weighted by Gasteiger charge is -2.01. The molecule has 0 rings (SSSR count). The minimum Gasteiger partial charge on any atom is -0.270 e. The Morgan fingerprint density at radius 3 is 2.50 bits per heavy atom. The zero-order valence-electron chi connectivity index (χ0n) is 6.37. The maximum absolute atomic E-state index is 11.5. The average molecular weight is 200 g/mol. The van der Waals surface area contributed by atoms with Crippen LogP contribution in [0.3, 0.4) is 0 Å². The SMILES string of the molecule is C=CCS(=O)(=O)OCCC(F)F. The molecular formula is C6H10F2O3S. The van der Waals surface area contributed by atoms with Crippen molar-refractivity contribution >= 4 is 10.1 Å². The Hall–Kier alpha value is -0.490. The lowest BCUT2D eigenvalue weighted by molar-refractivity contribution is 0.116. The summed E-state index contributed by atoms with van der Waals surface area (Å²) in [6, 6.07) is 0. The first-order valence-electron chi connectivity index (χ1n) is 3.24. The summed E-state index contributed by atoms with van der Waals surface area (Å²) >= 11 is 0. The van der Waals surface area contributed by atoms with E-state index in [1.807, 2.05) is 0 Å². The van der Waals surface area contributed by atoms with Gasteiger partial charge in [0.25, 0.3) is 10.1 Å². The molecule has 0 amide bonds. The van der Waals surface area contributed by atoms with Crippen LogP contribution in [0.5, 0.6) is 0 Å². The quantitative estimate of drug-likeness (QED) is 0.477. The zero-order chi connectivity index (χ0) is 9.61. The second-order valence-electron chi connectivity index (χ2n) is 2.01. The van der Waals surface area contributed by atoms with E-state index < -0.39 is 29.6 Å². The summed E-state index contributed by atoms with van der Waals surface area (Å²) in [5.41, 5.74) is 0. The van der Waals surface area contributed by atoms with Gasteiger partial charge in [0, 0.05) is 6.42 Å². The zero-order valence-corrected chi connectivity index (χ0v) is 7.19. The van der Waals surface area contributed by atoms with E-state index in [0.29, 0.717) is 0 Å². The Balaban J connectivity index is 3.69. The molecule has 0 aromatic rings. The van der Waals surface area contributed by atoms with E-state index in [2.05, 4.69) is 10.8 Å². The smallest absolute Gasteiger partial charge is 0.270 e. The molecule has 0 aromatic carbocycles. The van der Waals surface area contributed by atoms with E-state index in [1.165, 1.54) is 0 Å². The number of alkyl halides is 2. The van der Waals surface area contributed by atoms with Crippen molar-refractivity contribution in [1.82, 2.24) is 0 Å². The third-order valence-corrected chi connectivity index (χ3v) is 2.09. The van der Waals surface area contributed by atoms with Crippen LogP contribution in [0.15, 0.2) is 12.7 Å². The Bertz CT molecular complexity index is 223. The van der Waals surface area contributed by atoms with Crippen molar-refractivity contribution in [2.24, 2.45) is 0 Å². The number of hydrogen-bond donors (Lipinski definition) is 0. The normalized spacial score (nSPS) is 11.9. The van der Waals surface area contributed by atoms with Crippen LogP contribution in [0.25, 0.3) is 0 Å². The second-order valence-corrected chi connectivity index (χ2v) is 3.70. The van der Waals surface area contributed by atoms with Crippen molar-refractivity contribution in [3.05, 3.63) is 12.7 Å². The topological polar surface area (TPSA) is 43.4 Å². The highest BCUT2D eigenvalue weighted by Crippen LogP contribution is 2.01. The van der Waals surface area contributed by atoms with Crippen LogP contribution in [0, 0.1) is 0 Å². The molecule has 3 nitrogen and oxygen atoms in total. The molecule has 0 fully saturated rings. The number of rotatable bonds is 6. The predicted octanol–water partition coefficient (Wildman–Crippen LogP) is 1.17. The summed E-state index contributed by atoms with van der Waals surface area (Å²) in [5, 5.41) is 0.